The molecule has 1 saturated heterocycles. The second-order valence-electron chi connectivity index (χ2n) is 12.3. The molecule has 0 unspecified atom stereocenters. The molecule has 2 saturated carbocycles. The predicted molar refractivity (Wildman–Crippen MR) is 156 cm³/mol. The third kappa shape index (κ3) is 5.11. The molecule has 2 aromatic carbocycles. The van der Waals surface area contributed by atoms with Crippen molar-refractivity contribution in [2.24, 2.45) is 22.7 Å². The molecule has 0 radical (unpaired) electrons. The van der Waals surface area contributed by atoms with Gasteiger partial charge in [0.2, 0.25) is 15.9 Å². The minimum atomic E-state index is -3.63. The van der Waals surface area contributed by atoms with Crippen molar-refractivity contribution in [3.05, 3.63) is 71.8 Å². The first-order chi connectivity index (χ1) is 18.2. The third-order valence-corrected chi connectivity index (χ3v) is 12.4. The summed E-state index contributed by atoms with van der Waals surface area (Å²) in [6.07, 6.45) is 5.38. The Balaban J connectivity index is 1.43. The van der Waals surface area contributed by atoms with Crippen molar-refractivity contribution in [3.8, 4) is 0 Å². The van der Waals surface area contributed by atoms with Crippen LogP contribution in [0.5, 0.6) is 0 Å². The highest BCUT2D eigenvalue weighted by atomic mass is 79.9. The number of alkyl halides is 1. The molecule has 0 aromatic heterocycles. The van der Waals surface area contributed by atoms with E-state index < -0.39 is 10.0 Å². The molecular weight excluding hydrogens is 560 g/mol. The van der Waals surface area contributed by atoms with Crippen LogP contribution in [0.2, 0.25) is 0 Å². The monoisotopic (exact) mass is 600 g/mol. The highest BCUT2D eigenvalue weighted by molar-refractivity contribution is 9.09. The van der Waals surface area contributed by atoms with Gasteiger partial charge in [0.05, 0.1) is 17.7 Å². The topological polar surface area (TPSA) is 57.7 Å². The summed E-state index contributed by atoms with van der Waals surface area (Å²) >= 11 is 3.53. The van der Waals surface area contributed by atoms with E-state index in [9.17, 15) is 13.2 Å². The van der Waals surface area contributed by atoms with Gasteiger partial charge in [-0.25, -0.2) is 12.7 Å². The maximum absolute atomic E-state index is 14.3. The molecule has 1 spiro atoms. The molecule has 0 N–H and O–H groups in total. The van der Waals surface area contributed by atoms with Crippen molar-refractivity contribution in [2.75, 3.05) is 17.6 Å². The Labute approximate surface area is 237 Å². The standard InChI is InChI=1S/C31H41BrN2O3S/c1-30(2)27-16-17-31(30)23-38(36,37)34(28(31)19-27)29(35)26(15-9-10-18-32)22-33(20-24-11-5-3-6-12-24)21-25-13-7-4-8-14-25/h3-8,11-14,26-28H,9-10,15-23H2,1-2H3/t26-,27+,28+,31+/m1/s1. The van der Waals surface area contributed by atoms with Crippen LogP contribution in [-0.4, -0.2) is 47.2 Å². The number of hydrogen-bond donors (Lipinski definition) is 0. The van der Waals surface area contributed by atoms with Crippen LogP contribution in [0.1, 0.15) is 63.5 Å². The largest absolute Gasteiger partial charge is 0.294 e. The van der Waals surface area contributed by atoms with E-state index in [4.69, 9.17) is 0 Å². The third-order valence-electron chi connectivity index (χ3n) is 9.89. The molecule has 5 nitrogen and oxygen atoms in total. The Morgan fingerprint density at radius 2 is 1.63 bits per heavy atom. The quantitative estimate of drug-likeness (QED) is 0.226. The van der Waals surface area contributed by atoms with Gasteiger partial charge < -0.3 is 0 Å². The van der Waals surface area contributed by atoms with Gasteiger partial charge in [0.15, 0.2) is 0 Å². The SMILES string of the molecule is CC1(C)[C@H]2CC[C@@]13CS(=O)(=O)N(C(=O)[C@H](CCCCBr)CN(Cc1ccccc1)Cc1ccccc1)[C@H]3C2. The van der Waals surface area contributed by atoms with E-state index in [1.165, 1.54) is 15.4 Å². The first kappa shape index (κ1) is 27.9. The molecule has 3 fully saturated rings. The Hall–Kier alpha value is -1.70. The first-order valence-corrected chi connectivity index (χ1v) is 16.8. The molecule has 1 aliphatic heterocycles. The molecule has 3 aliphatic rings. The van der Waals surface area contributed by atoms with Crippen molar-refractivity contribution in [3.63, 3.8) is 0 Å². The number of unbranched alkanes of at least 4 members (excludes halogenated alkanes) is 1. The number of fused-ring (bicyclic) bond motifs is 1. The summed E-state index contributed by atoms with van der Waals surface area (Å²) in [5, 5.41) is 0.884. The van der Waals surface area contributed by atoms with Gasteiger partial charge in [-0.2, -0.15) is 0 Å². The zero-order valence-corrected chi connectivity index (χ0v) is 25.1. The predicted octanol–water partition coefficient (Wildman–Crippen LogP) is 6.24. The second kappa shape index (κ2) is 11.1. The van der Waals surface area contributed by atoms with Crippen molar-refractivity contribution >= 4 is 31.9 Å². The first-order valence-electron chi connectivity index (χ1n) is 14.1. The second-order valence-corrected chi connectivity index (χ2v) is 14.9. The molecule has 2 aliphatic carbocycles. The molecule has 1 heterocycles. The number of carbonyl (C=O) groups excluding carboxylic acids is 1. The van der Waals surface area contributed by atoms with Crippen LogP contribution in [0.4, 0.5) is 0 Å². The van der Waals surface area contributed by atoms with Crippen LogP contribution < -0.4 is 0 Å². The van der Waals surface area contributed by atoms with Gasteiger partial charge in [0.1, 0.15) is 0 Å². The van der Waals surface area contributed by atoms with Gasteiger partial charge in [0.25, 0.3) is 0 Å². The minimum Gasteiger partial charge on any atom is -0.294 e. The highest BCUT2D eigenvalue weighted by Gasteiger charge is 2.72. The summed E-state index contributed by atoms with van der Waals surface area (Å²) in [5.74, 6) is 0.105. The molecular formula is C31H41BrN2O3S. The lowest BCUT2D eigenvalue weighted by Gasteiger charge is -2.38. The van der Waals surface area contributed by atoms with E-state index in [2.05, 4.69) is 58.9 Å². The summed E-state index contributed by atoms with van der Waals surface area (Å²) in [4.78, 5) is 16.7. The fourth-order valence-corrected chi connectivity index (χ4v) is 10.7. The van der Waals surface area contributed by atoms with Crippen molar-refractivity contribution in [2.45, 2.75) is 71.5 Å². The fourth-order valence-electron chi connectivity index (χ4n) is 7.72. The number of hydrogen-bond acceptors (Lipinski definition) is 4. The van der Waals surface area contributed by atoms with Gasteiger partial charge in [-0.1, -0.05) is 96.9 Å². The molecule has 1 amide bonds. The van der Waals surface area contributed by atoms with Crippen LogP contribution >= 0.6 is 15.9 Å². The number of halogens is 1. The number of carbonyl (C=O) groups is 1. The minimum absolute atomic E-state index is 0.0438. The molecule has 2 bridgehead atoms. The Bertz CT molecular complexity index is 1180. The van der Waals surface area contributed by atoms with Crippen LogP contribution in [0.15, 0.2) is 60.7 Å². The lowest BCUT2D eigenvalue weighted by atomic mass is 9.69. The zero-order valence-electron chi connectivity index (χ0n) is 22.7. The van der Waals surface area contributed by atoms with Gasteiger partial charge in [0, 0.05) is 30.4 Å². The van der Waals surface area contributed by atoms with Gasteiger partial charge >= 0.3 is 0 Å². The summed E-state index contributed by atoms with van der Waals surface area (Å²) in [5.41, 5.74) is 2.05. The van der Waals surface area contributed by atoms with Crippen molar-refractivity contribution < 1.29 is 13.2 Å². The molecule has 4 atom stereocenters. The van der Waals surface area contributed by atoms with E-state index in [0.717, 1.165) is 37.4 Å². The number of nitrogens with zero attached hydrogens (tertiary/aromatic N) is 2. The Morgan fingerprint density at radius 3 is 2.18 bits per heavy atom. The fraction of sp³-hybridized carbons (Fsp3) is 0.581. The van der Waals surface area contributed by atoms with Crippen molar-refractivity contribution in [1.29, 1.82) is 0 Å². The lowest BCUT2D eigenvalue weighted by molar-refractivity contribution is -0.134. The molecule has 5 rings (SSSR count). The Kier molecular flexibility index (Phi) is 8.10. The smallest absolute Gasteiger partial charge is 0.240 e. The van der Waals surface area contributed by atoms with E-state index in [0.29, 0.717) is 32.0 Å². The average Bonchev–Trinajstić information content (AvgIpc) is 3.37. The normalized spacial score (nSPS) is 27.5. The van der Waals surface area contributed by atoms with E-state index in [1.807, 2.05) is 36.4 Å². The maximum atomic E-state index is 14.3. The van der Waals surface area contributed by atoms with Crippen LogP contribution in [-0.2, 0) is 27.9 Å². The van der Waals surface area contributed by atoms with Crippen LogP contribution in [0, 0.1) is 22.7 Å². The number of sulfonamides is 1. The molecule has 7 heteroatoms. The van der Waals surface area contributed by atoms with E-state index in [1.54, 1.807) is 0 Å². The summed E-state index contributed by atoms with van der Waals surface area (Å²) in [7, 11) is -3.63. The summed E-state index contributed by atoms with van der Waals surface area (Å²) in [6, 6.07) is 20.5. The zero-order chi connectivity index (χ0) is 27.0. The molecule has 206 valence electrons. The van der Waals surface area contributed by atoms with Gasteiger partial charge in [-0.3, -0.25) is 9.69 Å². The average molecular weight is 602 g/mol. The lowest BCUT2D eigenvalue weighted by Crippen LogP contribution is -2.48. The highest BCUT2D eigenvalue weighted by Crippen LogP contribution is 2.70. The number of benzene rings is 2. The van der Waals surface area contributed by atoms with E-state index in [-0.39, 0.29) is 34.4 Å². The van der Waals surface area contributed by atoms with E-state index >= 15 is 0 Å². The summed E-state index contributed by atoms with van der Waals surface area (Å²) in [6.45, 7) is 6.45. The maximum Gasteiger partial charge on any atom is 0.240 e. The van der Waals surface area contributed by atoms with Crippen molar-refractivity contribution in [1.82, 2.24) is 9.21 Å². The molecule has 38 heavy (non-hydrogen) atoms. The number of rotatable bonds is 11. The number of amides is 1. The Morgan fingerprint density at radius 1 is 1.03 bits per heavy atom. The molecule has 2 aromatic rings. The van der Waals surface area contributed by atoms with Crippen LogP contribution in [0.25, 0.3) is 0 Å². The van der Waals surface area contributed by atoms with Crippen LogP contribution in [0.3, 0.4) is 0 Å². The summed E-state index contributed by atoms with van der Waals surface area (Å²) < 4.78 is 28.7. The van der Waals surface area contributed by atoms with Gasteiger partial charge in [-0.15, -0.1) is 0 Å². The van der Waals surface area contributed by atoms with Gasteiger partial charge in [-0.05, 0) is 54.6 Å².